The van der Waals surface area contributed by atoms with Gasteiger partial charge in [-0.15, -0.1) is 0 Å². The summed E-state index contributed by atoms with van der Waals surface area (Å²) >= 11 is 3.49. The van der Waals surface area contributed by atoms with Crippen molar-refractivity contribution >= 4 is 39.2 Å². The van der Waals surface area contributed by atoms with Crippen molar-refractivity contribution in [3.05, 3.63) is 46.6 Å². The second kappa shape index (κ2) is 7.08. The van der Waals surface area contributed by atoms with E-state index in [1.54, 1.807) is 25.3 Å². The molecule has 0 saturated carbocycles. The summed E-state index contributed by atoms with van der Waals surface area (Å²) in [5.41, 5.74) is 2.69. The van der Waals surface area contributed by atoms with Gasteiger partial charge in [0.05, 0.1) is 18.5 Å². The Bertz CT molecular complexity index is 629. The lowest BCUT2D eigenvalue weighted by atomic mass is 10.2. The lowest BCUT2D eigenvalue weighted by molar-refractivity contribution is 0.168. The van der Waals surface area contributed by atoms with Gasteiger partial charge in [0.25, 0.3) is 0 Å². The van der Waals surface area contributed by atoms with Crippen molar-refractivity contribution in [1.29, 1.82) is 0 Å². The number of nitrogens with one attached hydrogen (secondary N) is 2. The topological polar surface area (TPSA) is 63.2 Å². The maximum Gasteiger partial charge on any atom is 0.411 e. The van der Waals surface area contributed by atoms with Gasteiger partial charge in [-0.3, -0.25) is 5.32 Å². The zero-order valence-corrected chi connectivity index (χ0v) is 13.4. The number of rotatable bonds is 4. The summed E-state index contributed by atoms with van der Waals surface area (Å²) in [6.45, 7) is 4.12. The van der Waals surface area contributed by atoms with Gasteiger partial charge in [-0.1, -0.05) is 22.0 Å². The molecule has 1 aromatic heterocycles. The van der Waals surface area contributed by atoms with Gasteiger partial charge in [0.2, 0.25) is 0 Å². The van der Waals surface area contributed by atoms with Crippen LogP contribution < -0.4 is 10.6 Å². The van der Waals surface area contributed by atoms with Gasteiger partial charge in [-0.2, -0.15) is 0 Å². The summed E-state index contributed by atoms with van der Waals surface area (Å²) < 4.78 is 5.83. The minimum atomic E-state index is -0.484. The number of aromatic nitrogens is 1. The van der Waals surface area contributed by atoms with Crippen molar-refractivity contribution in [2.24, 2.45) is 0 Å². The summed E-state index contributed by atoms with van der Waals surface area (Å²) in [7, 11) is 0. The first-order valence-electron chi connectivity index (χ1n) is 6.51. The van der Waals surface area contributed by atoms with Crippen molar-refractivity contribution in [3.8, 4) is 0 Å². The smallest absolute Gasteiger partial charge is 0.411 e. The highest BCUT2D eigenvalue weighted by molar-refractivity contribution is 9.10. The molecule has 0 aliphatic rings. The molecular weight excluding hydrogens is 334 g/mol. The van der Waals surface area contributed by atoms with Gasteiger partial charge in [0.1, 0.15) is 5.82 Å². The quantitative estimate of drug-likeness (QED) is 0.854. The number of aryl methyl sites for hydroxylation is 1. The minimum absolute atomic E-state index is 0.335. The van der Waals surface area contributed by atoms with Crippen LogP contribution in [0.15, 0.2) is 41.0 Å². The molecule has 2 rings (SSSR count). The molecule has 0 spiro atoms. The number of nitrogens with zero attached hydrogens (tertiary/aromatic N) is 1. The first kappa shape index (κ1) is 15.3. The number of amides is 1. The molecule has 110 valence electrons. The Morgan fingerprint density at radius 1 is 1.29 bits per heavy atom. The van der Waals surface area contributed by atoms with E-state index in [1.165, 1.54) is 5.56 Å². The fourth-order valence-corrected chi connectivity index (χ4v) is 2.02. The molecule has 5 nitrogen and oxygen atoms in total. The van der Waals surface area contributed by atoms with Crippen molar-refractivity contribution < 1.29 is 9.53 Å². The Labute approximate surface area is 131 Å². The first-order valence-corrected chi connectivity index (χ1v) is 7.31. The Morgan fingerprint density at radius 2 is 2.05 bits per heavy atom. The summed E-state index contributed by atoms with van der Waals surface area (Å²) in [6, 6.07) is 9.53. The van der Waals surface area contributed by atoms with E-state index in [-0.39, 0.29) is 0 Å². The lowest BCUT2D eigenvalue weighted by Crippen LogP contribution is -2.13. The van der Waals surface area contributed by atoms with Gasteiger partial charge in [0, 0.05) is 10.2 Å². The number of carbonyl (C=O) groups is 1. The van der Waals surface area contributed by atoms with E-state index in [0.717, 1.165) is 10.2 Å². The predicted octanol–water partition coefficient (Wildman–Crippen LogP) is 4.46. The van der Waals surface area contributed by atoms with Gasteiger partial charge in [0.15, 0.2) is 0 Å². The van der Waals surface area contributed by atoms with Crippen LogP contribution >= 0.6 is 15.9 Å². The van der Waals surface area contributed by atoms with Crippen LogP contribution in [-0.2, 0) is 4.74 Å². The molecule has 2 N–H and O–H groups in total. The molecule has 0 radical (unpaired) electrons. The van der Waals surface area contributed by atoms with Crippen LogP contribution in [0.5, 0.6) is 0 Å². The Kier molecular flexibility index (Phi) is 5.16. The Morgan fingerprint density at radius 3 is 2.67 bits per heavy atom. The standard InChI is InChI=1S/C15H16BrN3O2/c1-3-21-15(20)19-12-6-7-14(17-9-12)18-11-5-4-10(2)13(16)8-11/h4-9H,3H2,1-2H3,(H,17,18)(H,19,20). The van der Waals surface area contributed by atoms with E-state index >= 15 is 0 Å². The molecule has 0 unspecified atom stereocenters. The molecule has 2 aromatic rings. The zero-order chi connectivity index (χ0) is 15.2. The van der Waals surface area contributed by atoms with E-state index in [2.05, 4.69) is 31.5 Å². The molecule has 1 amide bonds. The number of halogens is 1. The van der Waals surface area contributed by atoms with E-state index < -0.39 is 6.09 Å². The van der Waals surface area contributed by atoms with Crippen LogP contribution in [-0.4, -0.2) is 17.7 Å². The van der Waals surface area contributed by atoms with Crippen molar-refractivity contribution in [3.63, 3.8) is 0 Å². The predicted molar refractivity (Wildman–Crippen MR) is 87.0 cm³/mol. The molecule has 1 aromatic carbocycles. The molecule has 0 fully saturated rings. The molecule has 6 heteroatoms. The van der Waals surface area contributed by atoms with Crippen LogP contribution in [0.2, 0.25) is 0 Å². The van der Waals surface area contributed by atoms with Crippen LogP contribution in [0.1, 0.15) is 12.5 Å². The number of ether oxygens (including phenoxy) is 1. The van der Waals surface area contributed by atoms with Gasteiger partial charge in [-0.05, 0) is 43.7 Å². The zero-order valence-electron chi connectivity index (χ0n) is 11.8. The average molecular weight is 350 g/mol. The molecule has 0 atom stereocenters. The number of anilines is 3. The fraction of sp³-hybridized carbons (Fsp3) is 0.200. The second-order valence-electron chi connectivity index (χ2n) is 4.37. The highest BCUT2D eigenvalue weighted by atomic mass is 79.9. The first-order chi connectivity index (χ1) is 10.1. The third-order valence-corrected chi connectivity index (χ3v) is 3.58. The summed E-state index contributed by atoms with van der Waals surface area (Å²) in [4.78, 5) is 15.5. The molecule has 0 bridgehead atoms. The Hall–Kier alpha value is -2.08. The van der Waals surface area contributed by atoms with Crippen molar-refractivity contribution in [1.82, 2.24) is 4.98 Å². The van der Waals surface area contributed by atoms with E-state index in [1.807, 2.05) is 25.1 Å². The number of hydrogen-bond acceptors (Lipinski definition) is 4. The molecule has 21 heavy (non-hydrogen) atoms. The van der Waals surface area contributed by atoms with Crippen LogP contribution in [0.3, 0.4) is 0 Å². The number of hydrogen-bond donors (Lipinski definition) is 2. The second-order valence-corrected chi connectivity index (χ2v) is 5.22. The van der Waals surface area contributed by atoms with Crippen molar-refractivity contribution in [2.75, 3.05) is 17.2 Å². The fourth-order valence-electron chi connectivity index (χ4n) is 1.65. The number of pyridine rings is 1. The van der Waals surface area contributed by atoms with E-state index in [9.17, 15) is 4.79 Å². The van der Waals surface area contributed by atoms with Crippen LogP contribution in [0.25, 0.3) is 0 Å². The molecule has 1 heterocycles. The molecule has 0 aliphatic carbocycles. The summed E-state index contributed by atoms with van der Waals surface area (Å²) in [5.74, 6) is 0.695. The van der Waals surface area contributed by atoms with Crippen molar-refractivity contribution in [2.45, 2.75) is 13.8 Å². The van der Waals surface area contributed by atoms with E-state index in [0.29, 0.717) is 18.1 Å². The van der Waals surface area contributed by atoms with Crippen LogP contribution in [0.4, 0.5) is 22.0 Å². The van der Waals surface area contributed by atoms with Gasteiger partial charge >= 0.3 is 6.09 Å². The van der Waals surface area contributed by atoms with Crippen LogP contribution in [0, 0.1) is 6.92 Å². The van der Waals surface area contributed by atoms with Gasteiger partial charge < -0.3 is 10.1 Å². The SMILES string of the molecule is CCOC(=O)Nc1ccc(Nc2ccc(C)c(Br)c2)nc1. The number of benzene rings is 1. The summed E-state index contributed by atoms with van der Waals surface area (Å²) in [5, 5.41) is 5.78. The monoisotopic (exact) mass is 349 g/mol. The maximum atomic E-state index is 11.3. The third-order valence-electron chi connectivity index (χ3n) is 2.73. The maximum absolute atomic E-state index is 11.3. The summed E-state index contributed by atoms with van der Waals surface area (Å²) in [6.07, 6.45) is 1.09. The van der Waals surface area contributed by atoms with E-state index in [4.69, 9.17) is 4.74 Å². The lowest BCUT2D eigenvalue weighted by Gasteiger charge is -2.09. The molecule has 0 aliphatic heterocycles. The average Bonchev–Trinajstić information content (AvgIpc) is 2.45. The number of carbonyl (C=O) groups excluding carboxylic acids is 1. The largest absolute Gasteiger partial charge is 0.450 e. The van der Waals surface area contributed by atoms with Gasteiger partial charge in [-0.25, -0.2) is 9.78 Å². The highest BCUT2D eigenvalue weighted by Gasteiger charge is 2.03. The minimum Gasteiger partial charge on any atom is -0.450 e. The highest BCUT2D eigenvalue weighted by Crippen LogP contribution is 2.23. The Balaban J connectivity index is 2.01. The molecular formula is C15H16BrN3O2. The normalized spacial score (nSPS) is 10.0. The molecule has 0 saturated heterocycles. The third kappa shape index (κ3) is 4.46.